The molecule has 7 nitrogen and oxygen atoms in total. The van der Waals surface area contributed by atoms with E-state index >= 15 is 0 Å². The Kier molecular flexibility index (Phi) is 7.73. The smallest absolute Gasteiger partial charge is 0.337 e. The third-order valence-electron chi connectivity index (χ3n) is 4.87. The highest BCUT2D eigenvalue weighted by molar-refractivity contribution is 6.74. The molecule has 0 aliphatic carbocycles. The molecule has 1 aromatic carbocycles. The highest BCUT2D eigenvalue weighted by atomic mass is 28.4. The molecule has 0 aromatic heterocycles. The van der Waals surface area contributed by atoms with E-state index in [0.29, 0.717) is 6.61 Å². The molecule has 0 radical (unpaired) electrons. The van der Waals surface area contributed by atoms with Crippen molar-refractivity contribution in [2.75, 3.05) is 13.7 Å². The highest BCUT2D eigenvalue weighted by Crippen LogP contribution is 2.36. The second-order valence-electron chi connectivity index (χ2n) is 7.90. The number of esters is 1. The van der Waals surface area contributed by atoms with Crippen LogP contribution in [0.5, 0.6) is 0 Å². The molecular formula is C19H30N2O5Si. The van der Waals surface area contributed by atoms with E-state index in [9.17, 15) is 14.4 Å². The zero-order valence-electron chi connectivity index (χ0n) is 16.9. The molecule has 0 fully saturated rings. The van der Waals surface area contributed by atoms with Crippen LogP contribution < -0.4 is 11.1 Å². The first-order valence-electron chi connectivity index (χ1n) is 8.81. The van der Waals surface area contributed by atoms with Crippen LogP contribution in [0.4, 0.5) is 0 Å². The summed E-state index contributed by atoms with van der Waals surface area (Å²) in [7, 11) is -0.686. The monoisotopic (exact) mass is 394 g/mol. The van der Waals surface area contributed by atoms with Gasteiger partial charge in [-0.2, -0.15) is 0 Å². The van der Waals surface area contributed by atoms with E-state index in [1.165, 1.54) is 13.2 Å². The average molecular weight is 395 g/mol. The Morgan fingerprint density at radius 2 is 1.78 bits per heavy atom. The van der Waals surface area contributed by atoms with Crippen molar-refractivity contribution in [3.8, 4) is 0 Å². The fraction of sp³-hybridized carbons (Fsp3) is 0.526. The molecule has 1 atom stereocenters. The molecule has 1 aromatic rings. The minimum absolute atomic E-state index is 0.0484. The quantitative estimate of drug-likeness (QED) is 0.520. The Morgan fingerprint density at radius 3 is 2.30 bits per heavy atom. The fourth-order valence-electron chi connectivity index (χ4n) is 2.08. The SMILES string of the molecule is COC(=O)c1cccc(C(=O)N[C@H](CCO[Si](C)(C)C(C)(C)C)C(N)=O)c1. The maximum atomic E-state index is 12.4. The summed E-state index contributed by atoms with van der Waals surface area (Å²) >= 11 is 0. The molecule has 0 unspecified atom stereocenters. The summed E-state index contributed by atoms with van der Waals surface area (Å²) < 4.78 is 10.7. The van der Waals surface area contributed by atoms with Crippen LogP contribution in [0.3, 0.4) is 0 Å². The summed E-state index contributed by atoms with van der Waals surface area (Å²) in [6, 6.07) is 5.21. The number of hydrogen-bond donors (Lipinski definition) is 2. The summed E-state index contributed by atoms with van der Waals surface area (Å²) in [5, 5.41) is 2.66. The lowest BCUT2D eigenvalue weighted by Crippen LogP contribution is -2.47. The van der Waals surface area contributed by atoms with Gasteiger partial charge in [0.25, 0.3) is 5.91 Å². The van der Waals surface area contributed by atoms with Crippen molar-refractivity contribution in [3.05, 3.63) is 35.4 Å². The summed E-state index contributed by atoms with van der Waals surface area (Å²) in [6.45, 7) is 10.9. The molecule has 0 spiro atoms. The third-order valence-corrected chi connectivity index (χ3v) is 9.41. The van der Waals surface area contributed by atoms with Crippen molar-refractivity contribution in [2.45, 2.75) is 51.4 Å². The molecule has 150 valence electrons. The van der Waals surface area contributed by atoms with Crippen molar-refractivity contribution in [1.29, 1.82) is 0 Å². The van der Waals surface area contributed by atoms with Crippen LogP contribution in [0.25, 0.3) is 0 Å². The van der Waals surface area contributed by atoms with Crippen molar-refractivity contribution in [1.82, 2.24) is 5.32 Å². The fourth-order valence-corrected chi connectivity index (χ4v) is 3.14. The van der Waals surface area contributed by atoms with Crippen LogP contribution in [-0.4, -0.2) is 45.9 Å². The van der Waals surface area contributed by atoms with Crippen LogP contribution in [-0.2, 0) is 14.0 Å². The molecule has 2 amide bonds. The van der Waals surface area contributed by atoms with Crippen LogP contribution in [0, 0.1) is 0 Å². The van der Waals surface area contributed by atoms with Gasteiger partial charge in [-0.15, -0.1) is 0 Å². The van der Waals surface area contributed by atoms with Gasteiger partial charge in [-0.1, -0.05) is 26.8 Å². The van der Waals surface area contributed by atoms with Gasteiger partial charge in [-0.3, -0.25) is 9.59 Å². The van der Waals surface area contributed by atoms with E-state index in [1.807, 2.05) is 0 Å². The Labute approximate surface area is 161 Å². The van der Waals surface area contributed by atoms with E-state index in [0.717, 1.165) is 0 Å². The van der Waals surface area contributed by atoms with Gasteiger partial charge < -0.3 is 20.2 Å². The lowest BCUT2D eigenvalue weighted by molar-refractivity contribution is -0.120. The predicted octanol–water partition coefficient (Wildman–Crippen LogP) is 2.47. The summed E-state index contributed by atoms with van der Waals surface area (Å²) in [6.07, 6.45) is 0.282. The Bertz CT molecular complexity index is 698. The Morgan fingerprint density at radius 1 is 1.19 bits per heavy atom. The lowest BCUT2D eigenvalue weighted by Gasteiger charge is -2.36. The molecule has 27 heavy (non-hydrogen) atoms. The third kappa shape index (κ3) is 6.48. The molecule has 0 bridgehead atoms. The standard InChI is InChI=1S/C19H30N2O5Si/c1-19(2,3)27(5,6)26-11-10-15(16(20)22)21-17(23)13-8-7-9-14(12-13)18(24)25-4/h7-9,12,15H,10-11H2,1-6H3,(H2,20,22)(H,21,23)/t15-/m1/s1. The second-order valence-corrected chi connectivity index (χ2v) is 12.7. The van der Waals surface area contributed by atoms with Crippen molar-refractivity contribution in [2.24, 2.45) is 5.73 Å². The first-order valence-corrected chi connectivity index (χ1v) is 11.7. The number of primary amides is 1. The van der Waals surface area contributed by atoms with Gasteiger partial charge in [0, 0.05) is 12.2 Å². The first kappa shape index (κ1) is 22.8. The van der Waals surface area contributed by atoms with Crippen molar-refractivity contribution >= 4 is 26.1 Å². The van der Waals surface area contributed by atoms with E-state index in [-0.39, 0.29) is 22.6 Å². The summed E-state index contributed by atoms with van der Waals surface area (Å²) in [5.41, 5.74) is 5.92. The zero-order valence-corrected chi connectivity index (χ0v) is 17.9. The van der Waals surface area contributed by atoms with Crippen LogP contribution in [0.1, 0.15) is 47.9 Å². The van der Waals surface area contributed by atoms with E-state index in [2.05, 4.69) is 43.9 Å². The molecule has 0 aliphatic heterocycles. The van der Waals surface area contributed by atoms with Crippen molar-refractivity contribution < 1.29 is 23.5 Å². The number of carbonyl (C=O) groups excluding carboxylic acids is 3. The van der Waals surface area contributed by atoms with E-state index in [1.54, 1.807) is 18.2 Å². The number of nitrogens with one attached hydrogen (secondary N) is 1. The first-order chi connectivity index (χ1) is 12.4. The van der Waals surface area contributed by atoms with Gasteiger partial charge in [0.1, 0.15) is 6.04 Å². The van der Waals surface area contributed by atoms with Crippen LogP contribution in [0.2, 0.25) is 18.1 Å². The minimum atomic E-state index is -1.95. The van der Waals surface area contributed by atoms with Gasteiger partial charge in [0.15, 0.2) is 8.32 Å². The highest BCUT2D eigenvalue weighted by Gasteiger charge is 2.37. The molecule has 1 rings (SSSR count). The summed E-state index contributed by atoms with van der Waals surface area (Å²) in [5.74, 6) is -1.66. The number of rotatable bonds is 8. The second kappa shape index (κ2) is 9.14. The molecule has 0 aliphatic rings. The molecule has 0 saturated heterocycles. The molecular weight excluding hydrogens is 364 g/mol. The maximum absolute atomic E-state index is 12.4. The topological polar surface area (TPSA) is 108 Å². The largest absolute Gasteiger partial charge is 0.465 e. The number of hydrogen-bond acceptors (Lipinski definition) is 5. The molecule has 8 heteroatoms. The van der Waals surface area contributed by atoms with Gasteiger partial charge >= 0.3 is 5.97 Å². The maximum Gasteiger partial charge on any atom is 0.337 e. The molecule has 3 N–H and O–H groups in total. The lowest BCUT2D eigenvalue weighted by atomic mass is 10.1. The number of benzene rings is 1. The predicted molar refractivity (Wildman–Crippen MR) is 106 cm³/mol. The molecule has 0 saturated carbocycles. The Hall–Kier alpha value is -2.19. The number of carbonyl (C=O) groups is 3. The number of methoxy groups -OCH3 is 1. The van der Waals surface area contributed by atoms with Gasteiger partial charge in [0.05, 0.1) is 12.7 Å². The summed E-state index contributed by atoms with van der Waals surface area (Å²) in [4.78, 5) is 35.8. The minimum Gasteiger partial charge on any atom is -0.465 e. The van der Waals surface area contributed by atoms with Crippen molar-refractivity contribution in [3.63, 3.8) is 0 Å². The number of nitrogens with two attached hydrogens (primary N) is 1. The Balaban J connectivity index is 2.76. The van der Waals surface area contributed by atoms with E-state index < -0.39 is 32.1 Å². The normalized spacial score (nSPS) is 13.0. The van der Waals surface area contributed by atoms with Crippen LogP contribution in [0.15, 0.2) is 24.3 Å². The van der Waals surface area contributed by atoms with Crippen LogP contribution >= 0.6 is 0 Å². The molecule has 0 heterocycles. The van der Waals surface area contributed by atoms with Gasteiger partial charge in [0.2, 0.25) is 5.91 Å². The average Bonchev–Trinajstić information content (AvgIpc) is 2.58. The number of ether oxygens (including phenoxy) is 1. The van der Waals surface area contributed by atoms with Gasteiger partial charge in [-0.25, -0.2) is 4.79 Å². The zero-order chi connectivity index (χ0) is 20.8. The van der Waals surface area contributed by atoms with Gasteiger partial charge in [-0.05, 0) is 42.8 Å². The van der Waals surface area contributed by atoms with E-state index in [4.69, 9.17) is 10.2 Å². The number of amides is 2.